The number of nitrogens with zero attached hydrogens (tertiary/aromatic N) is 2. The first-order chi connectivity index (χ1) is 13.1. The van der Waals surface area contributed by atoms with Crippen LogP contribution in [0.3, 0.4) is 0 Å². The molecule has 0 fully saturated rings. The number of hydrogen-bond donors (Lipinski definition) is 1. The van der Waals surface area contributed by atoms with Gasteiger partial charge in [0.1, 0.15) is 0 Å². The fraction of sp³-hybridized carbons (Fsp3) is 0.143. The molecule has 0 radical (unpaired) electrons. The zero-order valence-electron chi connectivity index (χ0n) is 14.8. The Balaban J connectivity index is 1.46. The van der Waals surface area contributed by atoms with Gasteiger partial charge in [-0.2, -0.15) is 0 Å². The molecule has 2 heterocycles. The quantitative estimate of drug-likeness (QED) is 0.478. The van der Waals surface area contributed by atoms with E-state index in [1.54, 1.807) is 11.3 Å². The Kier molecular flexibility index (Phi) is 4.97. The molecule has 0 bridgehead atoms. The molecule has 1 amide bonds. The van der Waals surface area contributed by atoms with Crippen LogP contribution in [0, 0.1) is 6.92 Å². The van der Waals surface area contributed by atoms with E-state index < -0.39 is 0 Å². The second-order valence-electron chi connectivity index (χ2n) is 6.33. The van der Waals surface area contributed by atoms with E-state index in [1.165, 1.54) is 0 Å². The molecule has 4 rings (SSSR count). The summed E-state index contributed by atoms with van der Waals surface area (Å²) in [4.78, 5) is 18.0. The number of carbonyl (C=O) groups is 1. The van der Waals surface area contributed by atoms with Crippen LogP contribution in [-0.2, 0) is 11.2 Å². The minimum absolute atomic E-state index is 0.0249. The number of benzene rings is 2. The summed E-state index contributed by atoms with van der Waals surface area (Å²) in [6, 6.07) is 15.6. The van der Waals surface area contributed by atoms with Gasteiger partial charge in [0, 0.05) is 40.0 Å². The van der Waals surface area contributed by atoms with Gasteiger partial charge in [0.15, 0.2) is 4.96 Å². The molecule has 0 aliphatic carbocycles. The van der Waals surface area contributed by atoms with Gasteiger partial charge in [-0.15, -0.1) is 11.3 Å². The topological polar surface area (TPSA) is 46.4 Å². The standard InChI is InChI=1S/C21H18ClN3OS/c1-14-17(22)8-5-9-18(14)23-20(26)11-10-16-13-27-21-24-19(12-25(16)21)15-6-3-2-4-7-15/h2-9,12-13H,10-11H2,1H3,(H,23,26). The first kappa shape index (κ1) is 17.8. The van der Waals surface area contributed by atoms with E-state index in [2.05, 4.69) is 20.1 Å². The number of hydrogen-bond acceptors (Lipinski definition) is 3. The van der Waals surface area contributed by atoms with E-state index in [9.17, 15) is 4.79 Å². The molecular weight excluding hydrogens is 378 g/mol. The number of aryl methyl sites for hydroxylation is 1. The molecular formula is C21H18ClN3OS. The van der Waals surface area contributed by atoms with E-state index in [1.807, 2.05) is 61.7 Å². The van der Waals surface area contributed by atoms with Crippen molar-refractivity contribution in [2.75, 3.05) is 5.32 Å². The lowest BCUT2D eigenvalue weighted by Gasteiger charge is -2.09. The van der Waals surface area contributed by atoms with Crippen molar-refractivity contribution in [3.05, 3.63) is 76.4 Å². The maximum absolute atomic E-state index is 12.4. The summed E-state index contributed by atoms with van der Waals surface area (Å²) in [7, 11) is 0. The van der Waals surface area contributed by atoms with Crippen LogP contribution in [0.4, 0.5) is 5.69 Å². The molecule has 4 aromatic rings. The van der Waals surface area contributed by atoms with Crippen LogP contribution in [0.1, 0.15) is 17.7 Å². The number of amides is 1. The number of thiazole rings is 1. The molecule has 0 unspecified atom stereocenters. The van der Waals surface area contributed by atoms with Gasteiger partial charge in [-0.25, -0.2) is 4.98 Å². The van der Waals surface area contributed by atoms with Crippen molar-refractivity contribution in [3.63, 3.8) is 0 Å². The molecule has 2 aromatic carbocycles. The van der Waals surface area contributed by atoms with Crippen molar-refractivity contribution in [1.82, 2.24) is 9.38 Å². The molecule has 6 heteroatoms. The van der Waals surface area contributed by atoms with E-state index in [0.29, 0.717) is 17.9 Å². The highest BCUT2D eigenvalue weighted by Crippen LogP contribution is 2.25. The maximum Gasteiger partial charge on any atom is 0.224 e. The Morgan fingerprint density at radius 3 is 2.81 bits per heavy atom. The van der Waals surface area contributed by atoms with Crippen LogP contribution in [0.5, 0.6) is 0 Å². The molecule has 1 N–H and O–H groups in total. The molecule has 0 saturated carbocycles. The third-order valence-corrected chi connectivity index (χ3v) is 5.80. The summed E-state index contributed by atoms with van der Waals surface area (Å²) in [5.41, 5.74) is 4.77. The van der Waals surface area contributed by atoms with Gasteiger partial charge in [0.2, 0.25) is 5.91 Å². The molecule has 0 atom stereocenters. The van der Waals surface area contributed by atoms with Crippen molar-refractivity contribution < 1.29 is 4.79 Å². The van der Waals surface area contributed by atoms with Crippen molar-refractivity contribution >= 4 is 39.5 Å². The van der Waals surface area contributed by atoms with Crippen molar-refractivity contribution in [1.29, 1.82) is 0 Å². The van der Waals surface area contributed by atoms with Gasteiger partial charge in [-0.3, -0.25) is 9.20 Å². The van der Waals surface area contributed by atoms with Crippen LogP contribution in [-0.4, -0.2) is 15.3 Å². The van der Waals surface area contributed by atoms with Crippen molar-refractivity contribution in [2.45, 2.75) is 19.8 Å². The lowest BCUT2D eigenvalue weighted by Crippen LogP contribution is -2.13. The second kappa shape index (κ2) is 7.55. The highest BCUT2D eigenvalue weighted by Gasteiger charge is 2.12. The number of nitrogens with one attached hydrogen (secondary N) is 1. The molecule has 2 aromatic heterocycles. The second-order valence-corrected chi connectivity index (χ2v) is 7.58. The third-order valence-electron chi connectivity index (χ3n) is 4.50. The largest absolute Gasteiger partial charge is 0.326 e. The Labute approximate surface area is 166 Å². The normalized spacial score (nSPS) is 11.0. The minimum atomic E-state index is -0.0249. The minimum Gasteiger partial charge on any atom is -0.326 e. The smallest absolute Gasteiger partial charge is 0.224 e. The van der Waals surface area contributed by atoms with Crippen molar-refractivity contribution in [2.24, 2.45) is 0 Å². The predicted molar refractivity (Wildman–Crippen MR) is 112 cm³/mol. The molecule has 4 nitrogen and oxygen atoms in total. The fourth-order valence-corrected chi connectivity index (χ4v) is 4.04. The van der Waals surface area contributed by atoms with Gasteiger partial charge >= 0.3 is 0 Å². The van der Waals surface area contributed by atoms with Gasteiger partial charge < -0.3 is 5.32 Å². The Hall–Kier alpha value is -2.63. The predicted octanol–water partition coefficient (Wildman–Crippen LogP) is 5.60. The number of halogens is 1. The SMILES string of the molecule is Cc1c(Cl)cccc1NC(=O)CCc1csc2nc(-c3ccccc3)cn12. The zero-order valence-corrected chi connectivity index (χ0v) is 16.3. The lowest BCUT2D eigenvalue weighted by molar-refractivity contribution is -0.116. The van der Waals surface area contributed by atoms with Crippen LogP contribution >= 0.6 is 22.9 Å². The number of rotatable bonds is 5. The Morgan fingerprint density at radius 2 is 2.00 bits per heavy atom. The highest BCUT2D eigenvalue weighted by atomic mass is 35.5. The Bertz CT molecular complexity index is 1100. The number of anilines is 1. The Morgan fingerprint density at radius 1 is 1.19 bits per heavy atom. The molecule has 0 aliphatic rings. The monoisotopic (exact) mass is 395 g/mol. The van der Waals surface area contributed by atoms with Gasteiger partial charge in [-0.05, 0) is 31.0 Å². The zero-order chi connectivity index (χ0) is 18.8. The maximum atomic E-state index is 12.4. The van der Waals surface area contributed by atoms with Gasteiger partial charge in [0.05, 0.1) is 5.69 Å². The van der Waals surface area contributed by atoms with Crippen LogP contribution in [0.25, 0.3) is 16.2 Å². The average Bonchev–Trinajstić information content (AvgIpc) is 3.26. The molecule has 0 spiro atoms. The first-order valence-corrected chi connectivity index (χ1v) is 9.93. The molecule has 136 valence electrons. The molecule has 0 saturated heterocycles. The van der Waals surface area contributed by atoms with Crippen LogP contribution < -0.4 is 5.32 Å². The molecule has 27 heavy (non-hydrogen) atoms. The summed E-state index contributed by atoms with van der Waals surface area (Å²) in [6.07, 6.45) is 3.09. The van der Waals surface area contributed by atoms with E-state index in [0.717, 1.165) is 33.2 Å². The van der Waals surface area contributed by atoms with Crippen LogP contribution in [0.15, 0.2) is 60.1 Å². The third kappa shape index (κ3) is 3.75. The first-order valence-electron chi connectivity index (χ1n) is 8.67. The van der Waals surface area contributed by atoms with E-state index in [-0.39, 0.29) is 5.91 Å². The highest BCUT2D eigenvalue weighted by molar-refractivity contribution is 7.15. The van der Waals surface area contributed by atoms with Crippen molar-refractivity contribution in [3.8, 4) is 11.3 Å². The number of carbonyl (C=O) groups excluding carboxylic acids is 1. The number of fused-ring (bicyclic) bond motifs is 1. The summed E-state index contributed by atoms with van der Waals surface area (Å²) in [5.74, 6) is -0.0249. The van der Waals surface area contributed by atoms with Gasteiger partial charge in [-0.1, -0.05) is 48.0 Å². The molecule has 0 aliphatic heterocycles. The number of aromatic nitrogens is 2. The van der Waals surface area contributed by atoms with E-state index >= 15 is 0 Å². The van der Waals surface area contributed by atoms with E-state index in [4.69, 9.17) is 11.6 Å². The summed E-state index contributed by atoms with van der Waals surface area (Å²) in [5, 5.41) is 5.66. The summed E-state index contributed by atoms with van der Waals surface area (Å²) in [6.45, 7) is 1.90. The van der Waals surface area contributed by atoms with Crippen LogP contribution in [0.2, 0.25) is 5.02 Å². The summed E-state index contributed by atoms with van der Waals surface area (Å²) >= 11 is 7.71. The fourth-order valence-electron chi connectivity index (χ4n) is 2.95. The van der Waals surface area contributed by atoms with Gasteiger partial charge in [0.25, 0.3) is 0 Å². The summed E-state index contributed by atoms with van der Waals surface area (Å²) < 4.78 is 2.07. The lowest BCUT2D eigenvalue weighted by atomic mass is 10.2. The average molecular weight is 396 g/mol. The number of imidazole rings is 1.